The van der Waals surface area contributed by atoms with E-state index >= 15 is 0 Å². The molecule has 0 radical (unpaired) electrons. The van der Waals surface area contributed by atoms with E-state index < -0.39 is 40.9 Å². The number of hydrogen-bond acceptors (Lipinski definition) is 5. The maximum atomic E-state index is 12.5. The predicted octanol–water partition coefficient (Wildman–Crippen LogP) is 2.77. The van der Waals surface area contributed by atoms with Gasteiger partial charge in [0.1, 0.15) is 5.75 Å². The molecular weight excluding hydrogens is 356 g/mol. The number of aliphatic carboxylic acids is 1. The van der Waals surface area contributed by atoms with Crippen LogP contribution in [0.3, 0.4) is 0 Å². The standard InChI is InChI=1S/C15H17F2N3O6/c1-8-4-9(13(21)22)7-19(6-8)15(23)18-11-5-10(20(24)25)2-3-12(11)26-14(16)17/h2-3,5,8-9,14H,4,6-7H2,1H3,(H,18,23)(H,21,22). The number of carbonyl (C=O) groups is 2. The van der Waals surface area contributed by atoms with E-state index in [1.54, 1.807) is 6.92 Å². The number of piperidine rings is 1. The zero-order chi connectivity index (χ0) is 19.4. The summed E-state index contributed by atoms with van der Waals surface area (Å²) in [5.74, 6) is -2.28. The SMILES string of the molecule is CC1CC(C(=O)O)CN(C(=O)Nc2cc([N+](=O)[O-])ccc2OC(F)F)C1. The van der Waals surface area contributed by atoms with E-state index in [4.69, 9.17) is 5.11 Å². The van der Waals surface area contributed by atoms with E-state index in [0.29, 0.717) is 6.42 Å². The number of hydrogen-bond donors (Lipinski definition) is 2. The lowest BCUT2D eigenvalue weighted by atomic mass is 9.91. The maximum absolute atomic E-state index is 12.5. The number of anilines is 1. The Morgan fingerprint density at radius 1 is 1.42 bits per heavy atom. The molecule has 0 saturated carbocycles. The molecule has 2 unspecified atom stereocenters. The van der Waals surface area contributed by atoms with E-state index in [-0.39, 0.29) is 24.7 Å². The number of alkyl halides is 2. The largest absolute Gasteiger partial charge is 0.481 e. The Morgan fingerprint density at radius 2 is 2.12 bits per heavy atom. The third kappa shape index (κ3) is 4.77. The van der Waals surface area contributed by atoms with Crippen molar-refractivity contribution < 1.29 is 33.1 Å². The van der Waals surface area contributed by atoms with Crippen LogP contribution in [0.25, 0.3) is 0 Å². The first-order valence-corrected chi connectivity index (χ1v) is 7.69. The number of likely N-dealkylation sites (tertiary alicyclic amines) is 1. The fourth-order valence-electron chi connectivity index (χ4n) is 2.82. The van der Waals surface area contributed by atoms with Gasteiger partial charge in [0.2, 0.25) is 0 Å². The summed E-state index contributed by atoms with van der Waals surface area (Å²) in [4.78, 5) is 34.9. The number of amides is 2. The molecule has 2 rings (SSSR count). The summed E-state index contributed by atoms with van der Waals surface area (Å²) in [6, 6.07) is 2.08. The molecule has 9 nitrogen and oxygen atoms in total. The molecular formula is C15H17F2N3O6. The van der Waals surface area contributed by atoms with Gasteiger partial charge in [-0.3, -0.25) is 14.9 Å². The first kappa shape index (κ1) is 19.3. The molecule has 0 bridgehead atoms. The van der Waals surface area contributed by atoms with Crippen LogP contribution in [-0.4, -0.2) is 46.6 Å². The number of urea groups is 1. The van der Waals surface area contributed by atoms with E-state index in [1.165, 1.54) is 4.90 Å². The van der Waals surface area contributed by atoms with Crippen molar-refractivity contribution >= 4 is 23.4 Å². The van der Waals surface area contributed by atoms with Crippen LogP contribution in [0.5, 0.6) is 5.75 Å². The summed E-state index contributed by atoms with van der Waals surface area (Å²) in [6.45, 7) is -1.17. The van der Waals surface area contributed by atoms with Gasteiger partial charge in [-0.2, -0.15) is 8.78 Å². The monoisotopic (exact) mass is 373 g/mol. The Morgan fingerprint density at radius 3 is 2.69 bits per heavy atom. The quantitative estimate of drug-likeness (QED) is 0.604. The minimum absolute atomic E-state index is 0.0501. The summed E-state index contributed by atoms with van der Waals surface area (Å²) >= 11 is 0. The zero-order valence-corrected chi connectivity index (χ0v) is 13.7. The van der Waals surface area contributed by atoms with Gasteiger partial charge in [-0.25, -0.2) is 4.79 Å². The van der Waals surface area contributed by atoms with Crippen LogP contribution in [-0.2, 0) is 4.79 Å². The number of nitro benzene ring substituents is 1. The molecule has 2 atom stereocenters. The predicted molar refractivity (Wildman–Crippen MR) is 85.2 cm³/mol. The fraction of sp³-hybridized carbons (Fsp3) is 0.467. The summed E-state index contributed by atoms with van der Waals surface area (Å²) in [6.07, 6.45) is 0.412. The lowest BCUT2D eigenvalue weighted by molar-refractivity contribution is -0.384. The van der Waals surface area contributed by atoms with E-state index in [1.807, 2.05) is 0 Å². The third-order valence-electron chi connectivity index (χ3n) is 3.93. The molecule has 1 fully saturated rings. The molecule has 26 heavy (non-hydrogen) atoms. The minimum Gasteiger partial charge on any atom is -0.481 e. The molecule has 1 saturated heterocycles. The Labute approximate surface area is 146 Å². The van der Waals surface area contributed by atoms with Crippen molar-refractivity contribution in [3.05, 3.63) is 28.3 Å². The van der Waals surface area contributed by atoms with Gasteiger partial charge >= 0.3 is 18.6 Å². The van der Waals surface area contributed by atoms with Crippen LogP contribution in [0, 0.1) is 22.0 Å². The minimum atomic E-state index is -3.18. The van der Waals surface area contributed by atoms with E-state index in [9.17, 15) is 28.5 Å². The van der Waals surface area contributed by atoms with Crippen molar-refractivity contribution in [2.75, 3.05) is 18.4 Å². The number of rotatable bonds is 5. The lowest BCUT2D eigenvalue weighted by Crippen LogP contribution is -2.47. The number of non-ortho nitro benzene ring substituents is 1. The van der Waals surface area contributed by atoms with Gasteiger partial charge in [0, 0.05) is 25.2 Å². The van der Waals surface area contributed by atoms with Gasteiger partial charge in [0.25, 0.3) is 5.69 Å². The molecule has 0 aromatic heterocycles. The highest BCUT2D eigenvalue weighted by Crippen LogP contribution is 2.31. The average Bonchev–Trinajstić information content (AvgIpc) is 2.55. The third-order valence-corrected chi connectivity index (χ3v) is 3.93. The van der Waals surface area contributed by atoms with Crippen LogP contribution < -0.4 is 10.1 Å². The Hall–Kier alpha value is -2.98. The number of nitrogens with zero attached hydrogens (tertiary/aromatic N) is 2. The molecule has 2 amide bonds. The van der Waals surface area contributed by atoms with Crippen LogP contribution in [0.1, 0.15) is 13.3 Å². The smallest absolute Gasteiger partial charge is 0.387 e. The number of ether oxygens (including phenoxy) is 1. The van der Waals surface area contributed by atoms with Crippen molar-refractivity contribution in [2.45, 2.75) is 20.0 Å². The molecule has 0 aliphatic carbocycles. The van der Waals surface area contributed by atoms with Gasteiger partial charge in [0.05, 0.1) is 16.5 Å². The molecule has 142 valence electrons. The van der Waals surface area contributed by atoms with Gasteiger partial charge in [-0.05, 0) is 18.4 Å². The number of nitro groups is 1. The first-order chi connectivity index (χ1) is 12.2. The molecule has 1 aliphatic heterocycles. The van der Waals surface area contributed by atoms with Gasteiger partial charge in [-0.15, -0.1) is 0 Å². The molecule has 1 heterocycles. The molecule has 1 aliphatic rings. The van der Waals surface area contributed by atoms with Crippen molar-refractivity contribution in [2.24, 2.45) is 11.8 Å². The second-order valence-corrected chi connectivity index (χ2v) is 6.03. The number of halogens is 2. The van der Waals surface area contributed by atoms with Crippen LogP contribution >= 0.6 is 0 Å². The molecule has 2 N–H and O–H groups in total. The Bertz CT molecular complexity index is 715. The van der Waals surface area contributed by atoms with Crippen molar-refractivity contribution in [3.8, 4) is 5.75 Å². The topological polar surface area (TPSA) is 122 Å². The number of nitrogens with one attached hydrogen (secondary N) is 1. The highest BCUT2D eigenvalue weighted by molar-refractivity contribution is 5.92. The van der Waals surface area contributed by atoms with Crippen LogP contribution in [0.15, 0.2) is 18.2 Å². The number of carbonyl (C=O) groups excluding carboxylic acids is 1. The number of benzene rings is 1. The highest BCUT2D eigenvalue weighted by atomic mass is 19.3. The van der Waals surface area contributed by atoms with Gasteiger partial charge in [-0.1, -0.05) is 6.92 Å². The normalized spacial score (nSPS) is 19.9. The van der Waals surface area contributed by atoms with Crippen molar-refractivity contribution in [1.82, 2.24) is 4.90 Å². The van der Waals surface area contributed by atoms with Crippen molar-refractivity contribution in [3.63, 3.8) is 0 Å². The molecule has 11 heteroatoms. The molecule has 1 aromatic carbocycles. The second-order valence-electron chi connectivity index (χ2n) is 6.03. The van der Waals surface area contributed by atoms with Crippen LogP contribution in [0.4, 0.5) is 25.0 Å². The lowest BCUT2D eigenvalue weighted by Gasteiger charge is -2.34. The summed E-state index contributed by atoms with van der Waals surface area (Å²) < 4.78 is 29.3. The summed E-state index contributed by atoms with van der Waals surface area (Å²) in [5, 5.41) is 22.3. The average molecular weight is 373 g/mol. The van der Waals surface area contributed by atoms with E-state index in [0.717, 1.165) is 18.2 Å². The Balaban J connectivity index is 2.22. The molecule has 1 aromatic rings. The van der Waals surface area contributed by atoms with Crippen LogP contribution in [0.2, 0.25) is 0 Å². The Kier molecular flexibility index (Phi) is 5.90. The van der Waals surface area contributed by atoms with E-state index in [2.05, 4.69) is 10.1 Å². The fourth-order valence-corrected chi connectivity index (χ4v) is 2.82. The summed E-state index contributed by atoms with van der Waals surface area (Å²) in [7, 11) is 0. The highest BCUT2D eigenvalue weighted by Gasteiger charge is 2.32. The first-order valence-electron chi connectivity index (χ1n) is 7.69. The zero-order valence-electron chi connectivity index (χ0n) is 13.7. The van der Waals surface area contributed by atoms with Gasteiger partial charge in [0.15, 0.2) is 0 Å². The summed E-state index contributed by atoms with van der Waals surface area (Å²) in [5.41, 5.74) is -0.716. The maximum Gasteiger partial charge on any atom is 0.387 e. The van der Waals surface area contributed by atoms with Gasteiger partial charge < -0.3 is 20.1 Å². The molecule has 0 spiro atoms. The number of carboxylic acid groups (broad SMARTS) is 1. The number of carboxylic acids is 1. The van der Waals surface area contributed by atoms with Crippen molar-refractivity contribution in [1.29, 1.82) is 0 Å². The second kappa shape index (κ2) is 7.93.